The molecule has 1 unspecified atom stereocenters. The van der Waals surface area contributed by atoms with E-state index in [4.69, 9.17) is 31.6 Å². The molecule has 0 aromatic rings. The second kappa shape index (κ2) is 10.3. The molecule has 0 aliphatic heterocycles. The minimum absolute atomic E-state index is 0.0803. The number of rotatable bonds is 10. The van der Waals surface area contributed by atoms with E-state index in [-0.39, 0.29) is 35.7 Å². The van der Waals surface area contributed by atoms with Crippen LogP contribution in [0.2, 0.25) is 0 Å². The Hall–Kier alpha value is -0.450. The van der Waals surface area contributed by atoms with Crippen molar-refractivity contribution in [1.29, 1.82) is 5.26 Å². The van der Waals surface area contributed by atoms with Crippen molar-refractivity contribution in [2.75, 3.05) is 19.0 Å². The average molecular weight is 339 g/mol. The summed E-state index contributed by atoms with van der Waals surface area (Å²) in [5.74, 6) is -1.15. The molecule has 20 heavy (non-hydrogen) atoms. The predicted molar refractivity (Wildman–Crippen MR) is 81.9 cm³/mol. The molecule has 0 fully saturated rings. The summed E-state index contributed by atoms with van der Waals surface area (Å²) in [4.78, 5) is 10.5. The van der Waals surface area contributed by atoms with Crippen molar-refractivity contribution in [1.82, 2.24) is 0 Å². The minimum Gasteiger partial charge on any atom is -0.481 e. The maximum Gasteiger partial charge on any atom is 0.378 e. The summed E-state index contributed by atoms with van der Waals surface area (Å²) in [5, 5.41) is 17.5. The number of aliphatic carboxylic acids is 1. The molecule has 0 aliphatic rings. The molecule has 0 aliphatic carbocycles. The van der Waals surface area contributed by atoms with Gasteiger partial charge in [-0.05, 0) is 20.3 Å². The lowest BCUT2D eigenvalue weighted by Crippen LogP contribution is -2.08. The number of carboxylic acids is 1. The molecule has 0 heterocycles. The van der Waals surface area contributed by atoms with Crippen molar-refractivity contribution in [2.45, 2.75) is 26.7 Å². The molecule has 6 nitrogen and oxygen atoms in total. The molecule has 0 rings (SSSR count). The molecule has 0 saturated carbocycles. The highest BCUT2D eigenvalue weighted by Gasteiger charge is 2.31. The van der Waals surface area contributed by atoms with Crippen LogP contribution in [0.4, 0.5) is 0 Å². The third kappa shape index (κ3) is 7.36. The second-order valence-electron chi connectivity index (χ2n) is 3.67. The summed E-state index contributed by atoms with van der Waals surface area (Å²) in [6.07, 6.45) is 0.148. The van der Waals surface area contributed by atoms with E-state index in [9.17, 15) is 9.36 Å². The van der Waals surface area contributed by atoms with Gasteiger partial charge in [0.1, 0.15) is 0 Å². The molecule has 9 heteroatoms. The minimum atomic E-state index is -3.45. The van der Waals surface area contributed by atoms with Gasteiger partial charge in [0.05, 0.1) is 25.2 Å². The summed E-state index contributed by atoms with van der Waals surface area (Å²) in [5.41, 5.74) is 0. The number of nitrogens with zero attached hydrogens (tertiary/aromatic N) is 1. The highest BCUT2D eigenvalue weighted by Crippen LogP contribution is 2.53. The summed E-state index contributed by atoms with van der Waals surface area (Å²) < 4.78 is 22.6. The van der Waals surface area contributed by atoms with Crippen LogP contribution in [-0.2, 0) is 18.4 Å². The fourth-order valence-corrected chi connectivity index (χ4v) is 4.46. The lowest BCUT2D eigenvalue weighted by Gasteiger charge is -2.17. The van der Waals surface area contributed by atoms with Gasteiger partial charge >= 0.3 is 13.6 Å². The number of carbonyl (C=O) groups is 1. The van der Waals surface area contributed by atoms with E-state index in [1.54, 1.807) is 13.8 Å². The van der Waals surface area contributed by atoms with E-state index in [2.05, 4.69) is 0 Å². The molecule has 1 N–H and O–H groups in total. The second-order valence-corrected chi connectivity index (χ2v) is 7.93. The lowest BCUT2D eigenvalue weighted by atomic mass is 10.1. The summed E-state index contributed by atoms with van der Waals surface area (Å²) in [6.45, 7) is 3.78. The van der Waals surface area contributed by atoms with Crippen LogP contribution < -0.4 is 0 Å². The molecule has 0 amide bonds. The average Bonchev–Trinajstić information content (AvgIpc) is 2.38. The van der Waals surface area contributed by atoms with Crippen molar-refractivity contribution in [3.05, 3.63) is 0 Å². The first-order chi connectivity index (χ1) is 9.39. The van der Waals surface area contributed by atoms with E-state index in [1.807, 2.05) is 6.07 Å². The maximum atomic E-state index is 12.3. The molecule has 0 saturated heterocycles. The highest BCUT2D eigenvalue weighted by atomic mass is 32.2. The van der Waals surface area contributed by atoms with Crippen LogP contribution in [-0.4, -0.2) is 34.0 Å². The summed E-state index contributed by atoms with van der Waals surface area (Å²) >= 11 is 6.10. The Morgan fingerprint density at radius 2 is 2.00 bits per heavy atom. The monoisotopic (exact) mass is 339 g/mol. The van der Waals surface area contributed by atoms with Gasteiger partial charge in [-0.2, -0.15) is 5.26 Å². The first-order valence-electron chi connectivity index (χ1n) is 6.07. The Kier molecular flexibility index (Phi) is 10.1. The summed E-state index contributed by atoms with van der Waals surface area (Å²) in [6, 6.07) is 2.01. The van der Waals surface area contributed by atoms with Crippen molar-refractivity contribution in [3.8, 4) is 6.07 Å². The van der Waals surface area contributed by atoms with Crippen LogP contribution >= 0.6 is 31.6 Å². The van der Waals surface area contributed by atoms with Crippen LogP contribution in [0.15, 0.2) is 0 Å². The molecule has 0 aromatic carbocycles. The molecular formula is C11H18NO5PS2. The van der Waals surface area contributed by atoms with Crippen molar-refractivity contribution in [3.63, 3.8) is 0 Å². The number of carboxylic acid groups (broad SMARTS) is 1. The van der Waals surface area contributed by atoms with Gasteiger partial charge in [0.2, 0.25) is 0 Å². The zero-order valence-electron chi connectivity index (χ0n) is 11.4. The van der Waals surface area contributed by atoms with Crippen LogP contribution in [0, 0.1) is 17.2 Å². The molecule has 0 aromatic heterocycles. The van der Waals surface area contributed by atoms with E-state index < -0.39 is 19.5 Å². The smallest absolute Gasteiger partial charge is 0.378 e. The fourth-order valence-electron chi connectivity index (χ4n) is 1.22. The Bertz CT molecular complexity index is 414. The lowest BCUT2D eigenvalue weighted by molar-refractivity contribution is -0.137. The van der Waals surface area contributed by atoms with Gasteiger partial charge in [0.15, 0.2) is 3.94 Å². The highest BCUT2D eigenvalue weighted by molar-refractivity contribution is 8.35. The van der Waals surface area contributed by atoms with Crippen LogP contribution in [0.25, 0.3) is 0 Å². The third-order valence-corrected chi connectivity index (χ3v) is 6.66. The van der Waals surface area contributed by atoms with E-state index >= 15 is 0 Å². The number of thioether (sulfide) groups is 1. The topological polar surface area (TPSA) is 96.6 Å². The Labute approximate surface area is 128 Å². The zero-order chi connectivity index (χ0) is 15.6. The van der Waals surface area contributed by atoms with Gasteiger partial charge in [-0.3, -0.25) is 9.36 Å². The molecule has 1 atom stereocenters. The number of hydrogen-bond acceptors (Lipinski definition) is 7. The van der Waals surface area contributed by atoms with Gasteiger partial charge < -0.3 is 14.2 Å². The van der Waals surface area contributed by atoms with Gasteiger partial charge in [0.25, 0.3) is 0 Å². The van der Waals surface area contributed by atoms with Crippen LogP contribution in [0.1, 0.15) is 26.7 Å². The van der Waals surface area contributed by atoms with Gasteiger partial charge in [-0.1, -0.05) is 12.2 Å². The van der Waals surface area contributed by atoms with Gasteiger partial charge in [0, 0.05) is 12.2 Å². The zero-order valence-corrected chi connectivity index (χ0v) is 13.9. The SMILES string of the molecule is CCOP(=O)(OCC)C(=S)SCC(C#N)CCC(=O)O. The largest absolute Gasteiger partial charge is 0.481 e. The quantitative estimate of drug-likeness (QED) is 0.478. The van der Waals surface area contributed by atoms with Crippen LogP contribution in [0.3, 0.4) is 0 Å². The number of thiocarbonyl (C=S) groups is 1. The van der Waals surface area contributed by atoms with E-state index in [0.717, 1.165) is 11.8 Å². The number of hydrogen-bond donors (Lipinski definition) is 1. The van der Waals surface area contributed by atoms with Crippen molar-refractivity contribution >= 4 is 41.5 Å². The van der Waals surface area contributed by atoms with E-state index in [0.29, 0.717) is 0 Å². The van der Waals surface area contributed by atoms with Crippen molar-refractivity contribution in [2.24, 2.45) is 5.92 Å². The number of nitriles is 1. The Morgan fingerprint density at radius 1 is 1.45 bits per heavy atom. The fraction of sp³-hybridized carbons (Fsp3) is 0.727. The predicted octanol–water partition coefficient (Wildman–Crippen LogP) is 3.28. The van der Waals surface area contributed by atoms with Gasteiger partial charge in [-0.15, -0.1) is 11.8 Å². The van der Waals surface area contributed by atoms with Crippen LogP contribution in [0.5, 0.6) is 0 Å². The first-order valence-corrected chi connectivity index (χ1v) is 9.01. The van der Waals surface area contributed by atoms with E-state index in [1.165, 1.54) is 0 Å². The third-order valence-electron chi connectivity index (χ3n) is 2.12. The molecule has 0 radical (unpaired) electrons. The molecular weight excluding hydrogens is 321 g/mol. The molecule has 0 bridgehead atoms. The normalized spacial score (nSPS) is 12.7. The maximum absolute atomic E-state index is 12.3. The molecule has 114 valence electrons. The Morgan fingerprint density at radius 3 is 2.40 bits per heavy atom. The first kappa shape index (κ1) is 19.6. The Balaban J connectivity index is 4.46. The summed E-state index contributed by atoms with van der Waals surface area (Å²) in [7, 11) is -3.45. The molecule has 0 spiro atoms. The van der Waals surface area contributed by atoms with Crippen molar-refractivity contribution < 1.29 is 23.5 Å². The van der Waals surface area contributed by atoms with Gasteiger partial charge in [-0.25, -0.2) is 0 Å². The standard InChI is InChI=1S/C11H18NO5PS2/c1-3-16-18(15,17-4-2)11(19)20-8-9(7-12)5-6-10(13)14/h9H,3-6,8H2,1-2H3,(H,13,14).